The topological polar surface area (TPSA) is 46.4 Å². The van der Waals surface area contributed by atoms with Crippen LogP contribution in [0.3, 0.4) is 0 Å². The highest BCUT2D eigenvalue weighted by atomic mass is 19.1. The van der Waals surface area contributed by atoms with Gasteiger partial charge in [-0.3, -0.25) is 4.79 Å². The van der Waals surface area contributed by atoms with Gasteiger partial charge in [-0.25, -0.2) is 9.37 Å². The average Bonchev–Trinajstić information content (AvgIpc) is 2.91. The van der Waals surface area contributed by atoms with E-state index in [9.17, 15) is 9.18 Å². The Bertz CT molecular complexity index is 822. The van der Waals surface area contributed by atoms with Gasteiger partial charge in [-0.15, -0.1) is 0 Å². The predicted octanol–water partition coefficient (Wildman–Crippen LogP) is 3.85. The molecule has 2 heterocycles. The second kappa shape index (κ2) is 5.60. The van der Waals surface area contributed by atoms with Gasteiger partial charge in [-0.1, -0.05) is 26.0 Å². The van der Waals surface area contributed by atoms with Crippen LogP contribution in [-0.2, 0) is 0 Å². The summed E-state index contributed by atoms with van der Waals surface area (Å²) in [6.45, 7) is 4.23. The molecule has 0 unspecified atom stereocenters. The van der Waals surface area contributed by atoms with Gasteiger partial charge in [-0.2, -0.15) is 0 Å². The Morgan fingerprint density at radius 3 is 2.55 bits per heavy atom. The number of hydrogen-bond acceptors (Lipinski definition) is 2. The van der Waals surface area contributed by atoms with Gasteiger partial charge in [0.1, 0.15) is 17.2 Å². The molecule has 0 fully saturated rings. The molecule has 2 aromatic heterocycles. The zero-order chi connectivity index (χ0) is 15.7. The molecule has 3 aromatic rings. The number of carbonyl (C=O) groups is 1. The number of carbonyl (C=O) groups excluding carboxylic acids is 1. The number of rotatable bonds is 3. The summed E-state index contributed by atoms with van der Waals surface area (Å²) in [6.07, 6.45) is 2.80. The van der Waals surface area contributed by atoms with E-state index in [2.05, 4.69) is 24.1 Å². The quantitative estimate of drug-likeness (QED) is 0.798. The van der Waals surface area contributed by atoms with Gasteiger partial charge in [0.05, 0.1) is 0 Å². The third-order valence-corrected chi connectivity index (χ3v) is 3.48. The van der Waals surface area contributed by atoms with Crippen molar-refractivity contribution in [2.75, 3.05) is 5.32 Å². The monoisotopic (exact) mass is 297 g/mol. The molecule has 1 amide bonds. The van der Waals surface area contributed by atoms with Crippen molar-refractivity contribution in [3.05, 3.63) is 65.9 Å². The fraction of sp³-hybridized carbons (Fsp3) is 0.176. The summed E-state index contributed by atoms with van der Waals surface area (Å²) in [5, 5.41) is 2.79. The molecule has 0 atom stereocenters. The number of halogens is 1. The lowest BCUT2D eigenvalue weighted by Gasteiger charge is -2.07. The number of amides is 1. The molecule has 0 spiro atoms. The van der Waals surface area contributed by atoms with E-state index in [1.54, 1.807) is 0 Å². The second-order valence-electron chi connectivity index (χ2n) is 5.47. The smallest absolute Gasteiger partial charge is 0.275 e. The highest BCUT2D eigenvalue weighted by Crippen LogP contribution is 2.17. The fourth-order valence-corrected chi connectivity index (χ4v) is 2.22. The number of imidazole rings is 1. The van der Waals surface area contributed by atoms with Crippen molar-refractivity contribution in [2.24, 2.45) is 0 Å². The average molecular weight is 297 g/mol. The molecule has 1 aromatic carbocycles. The summed E-state index contributed by atoms with van der Waals surface area (Å²) in [5.74, 6) is -0.249. The highest BCUT2D eigenvalue weighted by molar-refractivity contribution is 6.03. The minimum absolute atomic E-state index is 0.249. The number of nitrogens with one attached hydrogen (secondary N) is 1. The molecule has 0 aliphatic rings. The number of benzene rings is 1. The van der Waals surface area contributed by atoms with Crippen LogP contribution in [0.1, 0.15) is 35.8 Å². The van der Waals surface area contributed by atoms with Crippen LogP contribution in [0, 0.1) is 5.82 Å². The van der Waals surface area contributed by atoms with Crippen LogP contribution in [0.2, 0.25) is 0 Å². The molecule has 0 aliphatic carbocycles. The predicted molar refractivity (Wildman–Crippen MR) is 83.6 cm³/mol. The molecule has 3 rings (SSSR count). The zero-order valence-corrected chi connectivity index (χ0v) is 12.4. The molecular weight excluding hydrogens is 281 g/mol. The van der Waals surface area contributed by atoms with Crippen molar-refractivity contribution >= 4 is 17.2 Å². The van der Waals surface area contributed by atoms with Crippen LogP contribution in [0.5, 0.6) is 0 Å². The molecule has 4 nitrogen and oxygen atoms in total. The van der Waals surface area contributed by atoms with E-state index in [-0.39, 0.29) is 17.4 Å². The lowest BCUT2D eigenvalue weighted by Crippen LogP contribution is -2.12. The van der Waals surface area contributed by atoms with Gasteiger partial charge < -0.3 is 9.72 Å². The van der Waals surface area contributed by atoms with E-state index in [4.69, 9.17) is 0 Å². The van der Waals surface area contributed by atoms with E-state index in [1.165, 1.54) is 34.5 Å². The maximum absolute atomic E-state index is 13.1. The van der Waals surface area contributed by atoms with Crippen molar-refractivity contribution < 1.29 is 9.18 Å². The summed E-state index contributed by atoms with van der Waals surface area (Å²) < 4.78 is 14.6. The molecule has 0 radical (unpaired) electrons. The lowest BCUT2D eigenvalue weighted by atomic mass is 10.0. The largest absolute Gasteiger partial charge is 0.321 e. The van der Waals surface area contributed by atoms with E-state index < -0.39 is 0 Å². The fourth-order valence-electron chi connectivity index (χ4n) is 2.22. The van der Waals surface area contributed by atoms with Crippen LogP contribution in [0.25, 0.3) is 5.65 Å². The van der Waals surface area contributed by atoms with Gasteiger partial charge in [0.25, 0.3) is 5.91 Å². The van der Waals surface area contributed by atoms with Crippen LogP contribution in [0.15, 0.2) is 48.8 Å². The van der Waals surface area contributed by atoms with E-state index >= 15 is 0 Å². The van der Waals surface area contributed by atoms with E-state index in [1.807, 2.05) is 24.3 Å². The number of anilines is 1. The molecule has 0 bridgehead atoms. The Kier molecular flexibility index (Phi) is 3.63. The highest BCUT2D eigenvalue weighted by Gasteiger charge is 2.11. The zero-order valence-electron chi connectivity index (χ0n) is 12.4. The Morgan fingerprint density at radius 1 is 1.14 bits per heavy atom. The number of aromatic nitrogens is 2. The van der Waals surface area contributed by atoms with Crippen molar-refractivity contribution in [1.29, 1.82) is 0 Å². The third kappa shape index (κ3) is 2.83. The van der Waals surface area contributed by atoms with Gasteiger partial charge >= 0.3 is 0 Å². The standard InChI is InChI=1S/C17H16FN3O/c1-11(2)12-3-6-14(7-4-12)19-17(22)15-10-21-9-13(18)5-8-16(21)20-15/h3-11H,1-2H3,(H,19,22). The number of hydrogen-bond donors (Lipinski definition) is 1. The van der Waals surface area contributed by atoms with Crippen molar-refractivity contribution in [3.63, 3.8) is 0 Å². The normalized spacial score (nSPS) is 11.1. The maximum atomic E-state index is 13.1. The van der Waals surface area contributed by atoms with Crippen LogP contribution in [-0.4, -0.2) is 15.3 Å². The minimum atomic E-state index is -0.374. The second-order valence-corrected chi connectivity index (χ2v) is 5.47. The molecule has 0 saturated carbocycles. The van der Waals surface area contributed by atoms with Gasteiger partial charge in [0.15, 0.2) is 0 Å². The first kappa shape index (κ1) is 14.3. The molecular formula is C17H16FN3O. The summed E-state index contributed by atoms with van der Waals surface area (Å²) in [5.41, 5.74) is 2.69. The molecule has 22 heavy (non-hydrogen) atoms. The molecule has 112 valence electrons. The maximum Gasteiger partial charge on any atom is 0.275 e. The summed E-state index contributed by atoms with van der Waals surface area (Å²) >= 11 is 0. The molecule has 0 saturated heterocycles. The summed E-state index contributed by atoms with van der Waals surface area (Å²) in [6, 6.07) is 10.5. The number of fused-ring (bicyclic) bond motifs is 1. The SMILES string of the molecule is CC(C)c1ccc(NC(=O)c2cn3cc(F)ccc3n2)cc1. The van der Waals surface area contributed by atoms with Crippen molar-refractivity contribution in [3.8, 4) is 0 Å². The van der Waals surface area contributed by atoms with Crippen molar-refractivity contribution in [1.82, 2.24) is 9.38 Å². The van der Waals surface area contributed by atoms with Crippen molar-refractivity contribution in [2.45, 2.75) is 19.8 Å². The minimum Gasteiger partial charge on any atom is -0.321 e. The first-order valence-corrected chi connectivity index (χ1v) is 7.08. The Labute approximate surface area is 127 Å². The Morgan fingerprint density at radius 2 is 1.86 bits per heavy atom. The first-order chi connectivity index (χ1) is 10.5. The van der Waals surface area contributed by atoms with Crippen LogP contribution < -0.4 is 5.32 Å². The molecule has 0 aliphatic heterocycles. The number of nitrogens with zero attached hydrogens (tertiary/aromatic N) is 2. The molecule has 5 heteroatoms. The Balaban J connectivity index is 1.80. The lowest BCUT2D eigenvalue weighted by molar-refractivity contribution is 0.102. The summed E-state index contributed by atoms with van der Waals surface area (Å²) in [4.78, 5) is 16.4. The van der Waals surface area contributed by atoms with E-state index in [0.717, 1.165) is 0 Å². The van der Waals surface area contributed by atoms with Crippen LogP contribution in [0.4, 0.5) is 10.1 Å². The third-order valence-electron chi connectivity index (χ3n) is 3.48. The van der Waals surface area contributed by atoms with Crippen LogP contribution >= 0.6 is 0 Å². The van der Waals surface area contributed by atoms with Gasteiger partial charge in [-0.05, 0) is 35.7 Å². The number of pyridine rings is 1. The van der Waals surface area contributed by atoms with Gasteiger partial charge in [0, 0.05) is 18.1 Å². The van der Waals surface area contributed by atoms with Gasteiger partial charge in [0.2, 0.25) is 0 Å². The first-order valence-electron chi connectivity index (χ1n) is 7.08. The summed E-state index contributed by atoms with van der Waals surface area (Å²) in [7, 11) is 0. The Hall–Kier alpha value is -2.69. The molecule has 1 N–H and O–H groups in total. The van der Waals surface area contributed by atoms with E-state index in [0.29, 0.717) is 17.3 Å².